The third kappa shape index (κ3) is 2.69. The Labute approximate surface area is 129 Å². The summed E-state index contributed by atoms with van der Waals surface area (Å²) in [4.78, 5) is 10.4. The maximum absolute atomic E-state index is 5.83. The molecular weight excluding hydrogens is 336 g/mol. The first-order valence-electron chi connectivity index (χ1n) is 6.32. The van der Waals surface area contributed by atoms with Gasteiger partial charge in [0.1, 0.15) is 5.69 Å². The summed E-state index contributed by atoms with van der Waals surface area (Å²) in [5, 5.41) is 0. The van der Waals surface area contributed by atoms with Gasteiger partial charge in [-0.05, 0) is 54.0 Å². The predicted molar refractivity (Wildman–Crippen MR) is 86.3 cm³/mol. The Kier molecular flexibility index (Phi) is 3.72. The molecule has 102 valence electrons. The lowest BCUT2D eigenvalue weighted by molar-refractivity contribution is 0.234. The minimum Gasteiger partial charge on any atom is -0.473 e. The molecule has 0 unspecified atom stereocenters. The van der Waals surface area contributed by atoms with Gasteiger partial charge in [0.05, 0.1) is 25.8 Å². The molecule has 3 nitrogen and oxygen atoms in total. The van der Waals surface area contributed by atoms with E-state index in [1.807, 2.05) is 50.2 Å². The zero-order valence-corrected chi connectivity index (χ0v) is 13.5. The Balaban J connectivity index is 2.21. The number of benzene rings is 1. The van der Waals surface area contributed by atoms with Crippen LogP contribution in [-0.2, 0) is 0 Å². The number of hydrogen-bond acceptors (Lipinski definition) is 4. The highest BCUT2D eigenvalue weighted by Gasteiger charge is 2.15. The van der Waals surface area contributed by atoms with Crippen LogP contribution in [0.3, 0.4) is 0 Å². The Bertz CT molecular complexity index is 754. The molecule has 0 N–H and O–H groups in total. The van der Waals surface area contributed by atoms with E-state index < -0.39 is 0 Å². The summed E-state index contributed by atoms with van der Waals surface area (Å²) in [6.07, 6.45) is 0.0626. The fraction of sp³-hybridized carbons (Fsp3) is 0.200. The third-order valence-corrected chi connectivity index (χ3v) is 4.32. The monoisotopic (exact) mass is 348 g/mol. The molecule has 0 aliphatic heterocycles. The minimum atomic E-state index is 0.0626. The van der Waals surface area contributed by atoms with Crippen molar-refractivity contribution >= 4 is 38.3 Å². The Morgan fingerprint density at radius 2 is 1.75 bits per heavy atom. The van der Waals surface area contributed by atoms with Gasteiger partial charge in [0.2, 0.25) is 5.88 Å². The lowest BCUT2D eigenvalue weighted by Gasteiger charge is -2.12. The number of ether oxygens (including phenoxy) is 1. The number of rotatable bonds is 3. The van der Waals surface area contributed by atoms with Crippen LogP contribution >= 0.6 is 27.3 Å². The van der Waals surface area contributed by atoms with Crippen molar-refractivity contribution in [3.63, 3.8) is 0 Å². The second kappa shape index (κ2) is 5.50. The van der Waals surface area contributed by atoms with Crippen LogP contribution in [0.1, 0.15) is 13.8 Å². The van der Waals surface area contributed by atoms with E-state index in [0.29, 0.717) is 5.88 Å². The highest BCUT2D eigenvalue weighted by Crippen LogP contribution is 2.35. The van der Waals surface area contributed by atoms with Crippen LogP contribution in [0.5, 0.6) is 5.88 Å². The van der Waals surface area contributed by atoms with Crippen molar-refractivity contribution in [3.05, 3.63) is 40.2 Å². The number of halogens is 1. The zero-order valence-electron chi connectivity index (χ0n) is 11.1. The van der Waals surface area contributed by atoms with Crippen molar-refractivity contribution in [2.24, 2.45) is 0 Å². The fourth-order valence-corrected chi connectivity index (χ4v) is 3.26. The molecule has 0 atom stereocenters. The molecular formula is C15H13BrN2OS. The first-order chi connectivity index (χ1) is 9.63. The van der Waals surface area contributed by atoms with Crippen molar-refractivity contribution in [3.8, 4) is 16.5 Å². The maximum atomic E-state index is 5.83. The first kappa shape index (κ1) is 13.5. The van der Waals surface area contributed by atoms with Gasteiger partial charge < -0.3 is 4.74 Å². The van der Waals surface area contributed by atoms with Gasteiger partial charge in [-0.2, -0.15) is 0 Å². The SMILES string of the molecule is CC(C)Oc1nc2ccccc2nc1-c1ccc(Br)s1. The fourth-order valence-electron chi connectivity index (χ4n) is 1.89. The summed E-state index contributed by atoms with van der Waals surface area (Å²) >= 11 is 5.11. The number of hydrogen-bond donors (Lipinski definition) is 0. The number of thiophene rings is 1. The summed E-state index contributed by atoms with van der Waals surface area (Å²) in [6, 6.07) is 11.9. The highest BCUT2D eigenvalue weighted by molar-refractivity contribution is 9.11. The van der Waals surface area contributed by atoms with Crippen molar-refractivity contribution in [1.82, 2.24) is 9.97 Å². The van der Waals surface area contributed by atoms with Crippen molar-refractivity contribution in [2.75, 3.05) is 0 Å². The average Bonchev–Trinajstić information content (AvgIpc) is 2.84. The van der Waals surface area contributed by atoms with Crippen LogP contribution < -0.4 is 4.74 Å². The van der Waals surface area contributed by atoms with Crippen molar-refractivity contribution in [2.45, 2.75) is 20.0 Å². The molecule has 2 aromatic heterocycles. The molecule has 1 aromatic carbocycles. The van der Waals surface area contributed by atoms with E-state index in [-0.39, 0.29) is 6.10 Å². The Morgan fingerprint density at radius 1 is 1.05 bits per heavy atom. The van der Waals surface area contributed by atoms with Crippen molar-refractivity contribution < 1.29 is 4.74 Å². The molecule has 5 heteroatoms. The molecule has 3 rings (SSSR count). The van der Waals surface area contributed by atoms with Gasteiger partial charge in [0.25, 0.3) is 0 Å². The lowest BCUT2D eigenvalue weighted by atomic mass is 10.2. The van der Waals surface area contributed by atoms with E-state index in [1.165, 1.54) is 0 Å². The van der Waals surface area contributed by atoms with E-state index >= 15 is 0 Å². The topological polar surface area (TPSA) is 35.0 Å². The smallest absolute Gasteiger partial charge is 0.242 e. The molecule has 0 fully saturated rings. The lowest BCUT2D eigenvalue weighted by Crippen LogP contribution is -2.08. The average molecular weight is 349 g/mol. The molecule has 0 spiro atoms. The van der Waals surface area contributed by atoms with E-state index in [0.717, 1.165) is 25.4 Å². The van der Waals surface area contributed by atoms with Crippen LogP contribution in [0.25, 0.3) is 21.6 Å². The van der Waals surface area contributed by atoms with Gasteiger partial charge in [0.15, 0.2) is 0 Å². The molecule has 0 aliphatic rings. The summed E-state index contributed by atoms with van der Waals surface area (Å²) in [5.74, 6) is 0.591. The van der Waals surface area contributed by atoms with E-state index in [9.17, 15) is 0 Å². The third-order valence-electron chi connectivity index (χ3n) is 2.69. The first-order valence-corrected chi connectivity index (χ1v) is 7.93. The summed E-state index contributed by atoms with van der Waals surface area (Å²) < 4.78 is 6.90. The van der Waals surface area contributed by atoms with Crippen LogP contribution in [0, 0.1) is 0 Å². The molecule has 2 heterocycles. The molecule has 0 aliphatic carbocycles. The van der Waals surface area contributed by atoms with Crippen LogP contribution in [-0.4, -0.2) is 16.1 Å². The van der Waals surface area contributed by atoms with E-state index in [2.05, 4.69) is 20.9 Å². The normalized spacial score (nSPS) is 11.2. The molecule has 3 aromatic rings. The van der Waals surface area contributed by atoms with E-state index in [4.69, 9.17) is 9.72 Å². The van der Waals surface area contributed by atoms with Crippen LogP contribution in [0.15, 0.2) is 40.2 Å². The Morgan fingerprint density at radius 3 is 2.35 bits per heavy atom. The largest absolute Gasteiger partial charge is 0.473 e. The van der Waals surface area contributed by atoms with Gasteiger partial charge in [-0.1, -0.05) is 12.1 Å². The molecule has 20 heavy (non-hydrogen) atoms. The van der Waals surface area contributed by atoms with Gasteiger partial charge in [-0.3, -0.25) is 0 Å². The number of para-hydroxylation sites is 2. The Hall–Kier alpha value is -1.46. The van der Waals surface area contributed by atoms with Gasteiger partial charge >= 0.3 is 0 Å². The van der Waals surface area contributed by atoms with Gasteiger partial charge in [0, 0.05) is 0 Å². The standard InChI is InChI=1S/C15H13BrN2OS/c1-9(2)19-15-14(12-7-8-13(16)20-12)17-10-5-3-4-6-11(10)18-15/h3-9H,1-2H3. The summed E-state index contributed by atoms with van der Waals surface area (Å²) in [5.41, 5.74) is 2.53. The quantitative estimate of drug-likeness (QED) is 0.674. The molecule has 0 bridgehead atoms. The number of nitrogens with zero attached hydrogens (tertiary/aromatic N) is 2. The molecule has 0 saturated heterocycles. The number of fused-ring (bicyclic) bond motifs is 1. The van der Waals surface area contributed by atoms with E-state index in [1.54, 1.807) is 11.3 Å². The van der Waals surface area contributed by atoms with Gasteiger partial charge in [-0.15, -0.1) is 11.3 Å². The summed E-state index contributed by atoms with van der Waals surface area (Å²) in [7, 11) is 0. The molecule has 0 radical (unpaired) electrons. The second-order valence-electron chi connectivity index (χ2n) is 4.64. The van der Waals surface area contributed by atoms with Crippen molar-refractivity contribution in [1.29, 1.82) is 0 Å². The van der Waals surface area contributed by atoms with Crippen LogP contribution in [0.2, 0.25) is 0 Å². The van der Waals surface area contributed by atoms with Gasteiger partial charge in [-0.25, -0.2) is 9.97 Å². The predicted octanol–water partition coefficient (Wildman–Crippen LogP) is 4.91. The molecule has 0 saturated carbocycles. The van der Waals surface area contributed by atoms with Crippen LogP contribution in [0.4, 0.5) is 0 Å². The number of aromatic nitrogens is 2. The minimum absolute atomic E-state index is 0.0626. The highest BCUT2D eigenvalue weighted by atomic mass is 79.9. The maximum Gasteiger partial charge on any atom is 0.242 e. The summed E-state index contributed by atoms with van der Waals surface area (Å²) in [6.45, 7) is 3.98. The molecule has 0 amide bonds. The second-order valence-corrected chi connectivity index (χ2v) is 7.10. The zero-order chi connectivity index (χ0) is 14.1.